The van der Waals surface area contributed by atoms with Crippen LogP contribution in [0.1, 0.15) is 21.6 Å². The Balaban J connectivity index is 3.08. The first kappa shape index (κ1) is 11.7. The van der Waals surface area contributed by atoms with Crippen molar-refractivity contribution in [2.24, 2.45) is 0 Å². The molecule has 1 rings (SSSR count). The second-order valence-corrected chi connectivity index (χ2v) is 3.00. The molecule has 0 bridgehead atoms. The zero-order valence-corrected chi connectivity index (χ0v) is 8.14. The first-order chi connectivity index (χ1) is 7.54. The van der Waals surface area contributed by atoms with Gasteiger partial charge >= 0.3 is 11.9 Å². The number of aromatic amines is 1. The molecule has 1 heterocycles. The Labute approximate surface area is 90.2 Å². The van der Waals surface area contributed by atoms with E-state index in [0.29, 0.717) is 11.8 Å². The highest BCUT2D eigenvalue weighted by Gasteiger charge is 2.12. The van der Waals surface area contributed by atoms with Gasteiger partial charge in [0, 0.05) is 12.3 Å². The van der Waals surface area contributed by atoms with Gasteiger partial charge in [-0.15, -0.1) is 0 Å². The summed E-state index contributed by atoms with van der Waals surface area (Å²) in [5.74, 6) is -2.23. The average molecular weight is 223 g/mol. The summed E-state index contributed by atoms with van der Waals surface area (Å²) in [4.78, 5) is 34.0. The Morgan fingerprint density at radius 1 is 1.38 bits per heavy atom. The number of hydrogen-bond acceptors (Lipinski definition) is 3. The van der Waals surface area contributed by atoms with Crippen molar-refractivity contribution in [3.63, 3.8) is 0 Å². The minimum Gasteiger partial charge on any atom is -0.481 e. The summed E-state index contributed by atoms with van der Waals surface area (Å²) >= 11 is 0. The number of carbonyl (C=O) groups is 3. The fourth-order valence-corrected chi connectivity index (χ4v) is 1.25. The number of aliphatic carboxylic acids is 2. The number of H-pyrrole nitrogens is 1. The maximum atomic E-state index is 10.6. The Bertz CT molecular complexity index is 458. The van der Waals surface area contributed by atoms with Crippen molar-refractivity contribution in [1.29, 1.82) is 0 Å². The van der Waals surface area contributed by atoms with Crippen LogP contribution in [0.2, 0.25) is 0 Å². The largest absolute Gasteiger partial charge is 0.481 e. The summed E-state index contributed by atoms with van der Waals surface area (Å²) < 4.78 is 0. The van der Waals surface area contributed by atoms with E-state index in [0.717, 1.165) is 6.08 Å². The van der Waals surface area contributed by atoms with Crippen LogP contribution in [0.5, 0.6) is 0 Å². The van der Waals surface area contributed by atoms with Crippen LogP contribution in [0.25, 0.3) is 6.08 Å². The van der Waals surface area contributed by atoms with E-state index in [1.807, 2.05) is 0 Å². The quantitative estimate of drug-likeness (QED) is 0.499. The van der Waals surface area contributed by atoms with Crippen LogP contribution < -0.4 is 0 Å². The topological polar surface area (TPSA) is 107 Å². The van der Waals surface area contributed by atoms with Crippen molar-refractivity contribution < 1.29 is 24.6 Å². The third-order valence-corrected chi connectivity index (χ3v) is 1.91. The van der Waals surface area contributed by atoms with Crippen LogP contribution >= 0.6 is 0 Å². The number of aromatic nitrogens is 1. The molecular formula is C10H9NO5. The lowest BCUT2D eigenvalue weighted by Crippen LogP contribution is -2.03. The summed E-state index contributed by atoms with van der Waals surface area (Å²) in [7, 11) is 0. The van der Waals surface area contributed by atoms with Crippen LogP contribution in [-0.2, 0) is 16.0 Å². The molecule has 6 heteroatoms. The molecule has 0 radical (unpaired) electrons. The molecule has 6 nitrogen and oxygen atoms in total. The molecular weight excluding hydrogens is 214 g/mol. The lowest BCUT2D eigenvalue weighted by Gasteiger charge is -1.96. The van der Waals surface area contributed by atoms with Crippen molar-refractivity contribution in [2.75, 3.05) is 0 Å². The summed E-state index contributed by atoms with van der Waals surface area (Å²) in [5, 5.41) is 17.1. The van der Waals surface area contributed by atoms with E-state index in [9.17, 15) is 14.4 Å². The minimum absolute atomic E-state index is 0.146. The number of carboxylic acid groups (broad SMARTS) is 2. The monoisotopic (exact) mass is 223 g/mol. The van der Waals surface area contributed by atoms with E-state index in [2.05, 4.69) is 4.98 Å². The third-order valence-electron chi connectivity index (χ3n) is 1.91. The predicted octanol–water partition coefficient (Wildman–Crippen LogP) is 0.552. The van der Waals surface area contributed by atoms with E-state index in [1.54, 1.807) is 0 Å². The van der Waals surface area contributed by atoms with Gasteiger partial charge in [0.05, 0.1) is 12.1 Å². The van der Waals surface area contributed by atoms with Gasteiger partial charge in [-0.3, -0.25) is 9.59 Å². The van der Waals surface area contributed by atoms with Crippen LogP contribution in [0, 0.1) is 0 Å². The van der Waals surface area contributed by atoms with Gasteiger partial charge < -0.3 is 15.2 Å². The lowest BCUT2D eigenvalue weighted by molar-refractivity contribution is -0.136. The molecule has 0 unspecified atom stereocenters. The second kappa shape index (κ2) is 4.92. The van der Waals surface area contributed by atoms with Gasteiger partial charge in [0.15, 0.2) is 6.29 Å². The third kappa shape index (κ3) is 2.81. The first-order valence-electron chi connectivity index (χ1n) is 4.32. The van der Waals surface area contributed by atoms with Crippen LogP contribution in [0.4, 0.5) is 0 Å². The van der Waals surface area contributed by atoms with Crippen molar-refractivity contribution in [2.45, 2.75) is 6.42 Å². The molecule has 0 saturated carbocycles. The number of carbonyl (C=O) groups excluding carboxylic acids is 1. The molecule has 1 aromatic rings. The maximum absolute atomic E-state index is 10.6. The predicted molar refractivity (Wildman–Crippen MR) is 54.2 cm³/mol. The summed E-state index contributed by atoms with van der Waals surface area (Å²) in [6.45, 7) is 0. The van der Waals surface area contributed by atoms with Crippen molar-refractivity contribution >= 4 is 24.3 Å². The molecule has 3 N–H and O–H groups in total. The number of carboxylic acids is 2. The molecule has 0 fully saturated rings. The molecule has 0 saturated heterocycles. The average Bonchev–Trinajstić information content (AvgIpc) is 2.56. The van der Waals surface area contributed by atoms with Gasteiger partial charge in [-0.2, -0.15) is 0 Å². The van der Waals surface area contributed by atoms with Gasteiger partial charge in [-0.05, 0) is 17.2 Å². The molecule has 0 atom stereocenters. The standard InChI is InChI=1S/C10H9NO5/c12-5-8-7(3-10(15)16)6(4-11-8)1-2-9(13)14/h1-2,4-5,11H,3H2,(H,13,14)(H,15,16). The molecule has 0 aliphatic carbocycles. The fraction of sp³-hybridized carbons (Fsp3) is 0.100. The number of aldehydes is 1. The number of rotatable bonds is 5. The van der Waals surface area contributed by atoms with Gasteiger partial charge in [0.1, 0.15) is 0 Å². The highest BCUT2D eigenvalue weighted by molar-refractivity contribution is 5.88. The fourth-order valence-electron chi connectivity index (χ4n) is 1.25. The van der Waals surface area contributed by atoms with E-state index >= 15 is 0 Å². The molecule has 16 heavy (non-hydrogen) atoms. The SMILES string of the molecule is O=Cc1[nH]cc(C=CC(=O)O)c1CC(=O)O. The summed E-state index contributed by atoms with van der Waals surface area (Å²) in [5.41, 5.74) is 0.805. The van der Waals surface area contributed by atoms with Crippen LogP contribution in [-0.4, -0.2) is 33.4 Å². The molecule has 0 aromatic carbocycles. The smallest absolute Gasteiger partial charge is 0.328 e. The van der Waals surface area contributed by atoms with Gasteiger partial charge in [0.2, 0.25) is 0 Å². The zero-order chi connectivity index (χ0) is 12.1. The highest BCUT2D eigenvalue weighted by Crippen LogP contribution is 2.15. The number of nitrogens with one attached hydrogen (secondary N) is 1. The van der Waals surface area contributed by atoms with E-state index < -0.39 is 11.9 Å². The van der Waals surface area contributed by atoms with E-state index in [4.69, 9.17) is 10.2 Å². The second-order valence-electron chi connectivity index (χ2n) is 3.00. The Hall–Kier alpha value is -2.37. The summed E-state index contributed by atoms with van der Waals surface area (Å²) in [6.07, 6.45) is 3.67. The molecule has 0 amide bonds. The molecule has 0 spiro atoms. The van der Waals surface area contributed by atoms with Gasteiger partial charge in [0.25, 0.3) is 0 Å². The summed E-state index contributed by atoms with van der Waals surface area (Å²) in [6, 6.07) is 0. The zero-order valence-electron chi connectivity index (χ0n) is 8.14. The van der Waals surface area contributed by atoms with Gasteiger partial charge in [-0.25, -0.2) is 4.79 Å². The van der Waals surface area contributed by atoms with Crippen molar-refractivity contribution in [3.8, 4) is 0 Å². The van der Waals surface area contributed by atoms with Crippen LogP contribution in [0.3, 0.4) is 0 Å². The first-order valence-corrected chi connectivity index (χ1v) is 4.32. The van der Waals surface area contributed by atoms with Gasteiger partial charge in [-0.1, -0.05) is 0 Å². The van der Waals surface area contributed by atoms with Crippen molar-refractivity contribution in [1.82, 2.24) is 4.98 Å². The molecule has 1 aromatic heterocycles. The minimum atomic E-state index is -1.14. The number of hydrogen-bond donors (Lipinski definition) is 3. The normalized spacial score (nSPS) is 10.5. The Kier molecular flexibility index (Phi) is 3.60. The Morgan fingerprint density at radius 3 is 2.56 bits per heavy atom. The molecule has 84 valence electrons. The van der Waals surface area contributed by atoms with E-state index in [-0.39, 0.29) is 17.7 Å². The molecule has 0 aliphatic rings. The maximum Gasteiger partial charge on any atom is 0.328 e. The Morgan fingerprint density at radius 2 is 2.06 bits per heavy atom. The van der Waals surface area contributed by atoms with Crippen molar-refractivity contribution in [3.05, 3.63) is 29.1 Å². The lowest BCUT2D eigenvalue weighted by atomic mass is 10.1. The molecule has 0 aliphatic heterocycles. The van der Waals surface area contributed by atoms with E-state index in [1.165, 1.54) is 12.3 Å². The highest BCUT2D eigenvalue weighted by atomic mass is 16.4. The van der Waals surface area contributed by atoms with Crippen LogP contribution in [0.15, 0.2) is 12.3 Å².